The molecule has 2 N–H and O–H groups in total. The Bertz CT molecular complexity index is 1070. The molecule has 0 spiro atoms. The van der Waals surface area contributed by atoms with E-state index in [1.165, 1.54) is 11.3 Å². The quantitative estimate of drug-likeness (QED) is 0.507. The van der Waals surface area contributed by atoms with Gasteiger partial charge in [0.2, 0.25) is 5.91 Å². The van der Waals surface area contributed by atoms with E-state index < -0.39 is 0 Å². The largest absolute Gasteiger partial charge is 0.356 e. The highest BCUT2D eigenvalue weighted by Gasteiger charge is 2.24. The van der Waals surface area contributed by atoms with Gasteiger partial charge >= 0.3 is 0 Å². The number of aromatic nitrogens is 2. The Morgan fingerprint density at radius 3 is 2.73 bits per heavy atom. The second kappa shape index (κ2) is 9.18. The van der Waals surface area contributed by atoms with E-state index in [2.05, 4.69) is 17.6 Å². The van der Waals surface area contributed by atoms with Gasteiger partial charge in [0, 0.05) is 29.4 Å². The molecule has 2 aromatic heterocycles. The summed E-state index contributed by atoms with van der Waals surface area (Å²) in [7, 11) is 0. The van der Waals surface area contributed by atoms with Crippen molar-refractivity contribution in [3.63, 3.8) is 0 Å². The number of aryl methyl sites for hydroxylation is 1. The fourth-order valence-corrected chi connectivity index (χ4v) is 4.78. The Morgan fingerprint density at radius 1 is 1.23 bits per heavy atom. The number of halogens is 1. The molecule has 1 fully saturated rings. The number of hydrogen-bond donors (Lipinski definition) is 2. The predicted octanol–water partition coefficient (Wildman–Crippen LogP) is 4.34. The normalized spacial score (nSPS) is 13.9. The van der Waals surface area contributed by atoms with E-state index in [1.807, 2.05) is 35.0 Å². The van der Waals surface area contributed by atoms with E-state index >= 15 is 0 Å². The van der Waals surface area contributed by atoms with Gasteiger partial charge in [-0.25, -0.2) is 4.68 Å². The van der Waals surface area contributed by atoms with Crippen LogP contribution in [-0.2, 0) is 11.2 Å². The number of rotatable bonds is 8. The zero-order chi connectivity index (χ0) is 21.1. The fourth-order valence-electron chi connectivity index (χ4n) is 3.53. The molecule has 0 aliphatic heterocycles. The van der Waals surface area contributed by atoms with Crippen LogP contribution < -0.4 is 10.6 Å². The molecule has 158 valence electrons. The van der Waals surface area contributed by atoms with Gasteiger partial charge < -0.3 is 10.6 Å². The maximum absolute atomic E-state index is 12.6. The summed E-state index contributed by atoms with van der Waals surface area (Å²) in [5, 5.41) is 12.3. The summed E-state index contributed by atoms with van der Waals surface area (Å²) in [6.45, 7) is 3.17. The Kier molecular flexibility index (Phi) is 6.39. The second-order valence-corrected chi connectivity index (χ2v) is 9.02. The molecule has 4 rings (SSSR count). The number of amides is 2. The number of benzene rings is 1. The Balaban J connectivity index is 1.40. The summed E-state index contributed by atoms with van der Waals surface area (Å²) < 4.78 is 1.86. The first kappa shape index (κ1) is 20.9. The SMILES string of the molecule is CCc1nn(-c2cccc(Cl)c2)c2sc(C(=O)NCCCNC(=O)C3CCC3)cc12. The number of nitrogens with one attached hydrogen (secondary N) is 2. The molecule has 2 heterocycles. The van der Waals surface area contributed by atoms with Crippen LogP contribution in [0.5, 0.6) is 0 Å². The summed E-state index contributed by atoms with van der Waals surface area (Å²) in [5.41, 5.74) is 1.84. The van der Waals surface area contributed by atoms with Crippen molar-refractivity contribution in [2.45, 2.75) is 39.0 Å². The zero-order valence-electron chi connectivity index (χ0n) is 16.9. The number of hydrogen-bond acceptors (Lipinski definition) is 4. The van der Waals surface area contributed by atoms with E-state index in [1.54, 1.807) is 0 Å². The molecule has 1 aromatic carbocycles. The minimum Gasteiger partial charge on any atom is -0.356 e. The summed E-state index contributed by atoms with van der Waals surface area (Å²) >= 11 is 7.57. The van der Waals surface area contributed by atoms with Crippen LogP contribution >= 0.6 is 22.9 Å². The molecule has 0 unspecified atom stereocenters. The smallest absolute Gasteiger partial charge is 0.261 e. The molecule has 2 amide bonds. The van der Waals surface area contributed by atoms with Gasteiger partial charge in [-0.2, -0.15) is 5.10 Å². The highest BCUT2D eigenvalue weighted by Crippen LogP contribution is 2.31. The van der Waals surface area contributed by atoms with Crippen molar-refractivity contribution in [3.8, 4) is 5.69 Å². The number of carbonyl (C=O) groups excluding carboxylic acids is 2. The Labute approximate surface area is 184 Å². The average Bonchev–Trinajstić information content (AvgIpc) is 3.25. The third kappa shape index (κ3) is 4.37. The molecule has 1 aliphatic rings. The van der Waals surface area contributed by atoms with Gasteiger partial charge in [-0.15, -0.1) is 11.3 Å². The van der Waals surface area contributed by atoms with Gasteiger partial charge in [-0.3, -0.25) is 9.59 Å². The number of fused-ring (bicyclic) bond motifs is 1. The van der Waals surface area contributed by atoms with Crippen LogP contribution in [0, 0.1) is 5.92 Å². The minimum atomic E-state index is -0.0961. The Morgan fingerprint density at radius 2 is 2.03 bits per heavy atom. The molecule has 6 nitrogen and oxygen atoms in total. The summed E-state index contributed by atoms with van der Waals surface area (Å²) in [4.78, 5) is 26.1. The van der Waals surface area contributed by atoms with Gasteiger partial charge in [0.25, 0.3) is 5.91 Å². The summed E-state index contributed by atoms with van der Waals surface area (Å²) in [6, 6.07) is 9.46. The van der Waals surface area contributed by atoms with Crippen LogP contribution in [0.4, 0.5) is 0 Å². The molecule has 3 aromatic rings. The third-order valence-corrected chi connectivity index (χ3v) is 6.81. The summed E-state index contributed by atoms with van der Waals surface area (Å²) in [6.07, 6.45) is 4.65. The number of nitrogens with zero attached hydrogens (tertiary/aromatic N) is 2. The lowest BCUT2D eigenvalue weighted by atomic mass is 9.85. The lowest BCUT2D eigenvalue weighted by molar-refractivity contribution is -0.127. The monoisotopic (exact) mass is 444 g/mol. The van der Waals surface area contributed by atoms with E-state index in [4.69, 9.17) is 16.7 Å². The Hall–Kier alpha value is -2.38. The van der Waals surface area contributed by atoms with Crippen molar-refractivity contribution >= 4 is 45.0 Å². The van der Waals surface area contributed by atoms with Crippen LogP contribution in [0.25, 0.3) is 15.9 Å². The van der Waals surface area contributed by atoms with Crippen molar-refractivity contribution in [1.82, 2.24) is 20.4 Å². The zero-order valence-corrected chi connectivity index (χ0v) is 18.5. The first-order valence-electron chi connectivity index (χ1n) is 10.4. The minimum absolute atomic E-state index is 0.0961. The van der Waals surface area contributed by atoms with Gasteiger partial charge in [-0.1, -0.05) is 31.0 Å². The summed E-state index contributed by atoms with van der Waals surface area (Å²) in [5.74, 6) is 0.251. The lowest BCUT2D eigenvalue weighted by Crippen LogP contribution is -2.36. The van der Waals surface area contributed by atoms with E-state index in [0.717, 1.165) is 47.3 Å². The van der Waals surface area contributed by atoms with Crippen molar-refractivity contribution < 1.29 is 9.59 Å². The van der Waals surface area contributed by atoms with Gasteiger partial charge in [0.05, 0.1) is 16.3 Å². The second-order valence-electron chi connectivity index (χ2n) is 7.55. The van der Waals surface area contributed by atoms with Crippen LogP contribution in [-0.4, -0.2) is 34.7 Å². The molecule has 0 bridgehead atoms. The molecule has 1 aliphatic carbocycles. The van der Waals surface area contributed by atoms with Crippen LogP contribution in [0.3, 0.4) is 0 Å². The van der Waals surface area contributed by atoms with Crippen LogP contribution in [0.1, 0.15) is 48.0 Å². The molecule has 1 saturated carbocycles. The van der Waals surface area contributed by atoms with Crippen LogP contribution in [0.15, 0.2) is 30.3 Å². The predicted molar refractivity (Wildman–Crippen MR) is 121 cm³/mol. The van der Waals surface area contributed by atoms with E-state index in [9.17, 15) is 9.59 Å². The molecule has 0 radical (unpaired) electrons. The maximum atomic E-state index is 12.6. The topological polar surface area (TPSA) is 76.0 Å². The number of thiophene rings is 1. The lowest BCUT2D eigenvalue weighted by Gasteiger charge is -2.23. The fraction of sp³-hybridized carbons (Fsp3) is 0.409. The van der Waals surface area contributed by atoms with E-state index in [-0.39, 0.29) is 17.7 Å². The molecule has 0 saturated heterocycles. The van der Waals surface area contributed by atoms with E-state index in [0.29, 0.717) is 29.4 Å². The molecule has 0 atom stereocenters. The molecule has 8 heteroatoms. The first-order valence-corrected chi connectivity index (χ1v) is 11.6. The molecule has 30 heavy (non-hydrogen) atoms. The van der Waals surface area contributed by atoms with Crippen molar-refractivity contribution in [2.24, 2.45) is 5.92 Å². The van der Waals surface area contributed by atoms with Crippen molar-refractivity contribution in [3.05, 3.63) is 45.9 Å². The van der Waals surface area contributed by atoms with Crippen molar-refractivity contribution in [1.29, 1.82) is 0 Å². The highest BCUT2D eigenvalue weighted by atomic mass is 35.5. The number of carbonyl (C=O) groups is 2. The average molecular weight is 445 g/mol. The van der Waals surface area contributed by atoms with Gasteiger partial charge in [0.1, 0.15) is 4.83 Å². The molecular formula is C22H25ClN4O2S. The van der Waals surface area contributed by atoms with Gasteiger partial charge in [0.15, 0.2) is 0 Å². The van der Waals surface area contributed by atoms with Gasteiger partial charge in [-0.05, 0) is 49.9 Å². The maximum Gasteiger partial charge on any atom is 0.261 e. The van der Waals surface area contributed by atoms with Crippen molar-refractivity contribution in [2.75, 3.05) is 13.1 Å². The third-order valence-electron chi connectivity index (χ3n) is 5.46. The van der Waals surface area contributed by atoms with Crippen LogP contribution in [0.2, 0.25) is 5.02 Å². The highest BCUT2D eigenvalue weighted by molar-refractivity contribution is 7.20. The first-order chi connectivity index (χ1) is 14.6. The molecular weight excluding hydrogens is 420 g/mol. The standard InChI is InChI=1S/C22H25ClN4O2S/c1-2-18-17-13-19(21(29)25-11-5-10-24-20(28)14-6-3-7-14)30-22(17)27(26-18)16-9-4-8-15(23)12-16/h4,8-9,12-14H,2-3,5-7,10-11H2,1H3,(H,24,28)(H,25,29).